The van der Waals surface area contributed by atoms with Gasteiger partial charge < -0.3 is 15.4 Å². The van der Waals surface area contributed by atoms with Gasteiger partial charge in [0.05, 0.1) is 7.11 Å². The first kappa shape index (κ1) is 16.1. The Morgan fingerprint density at radius 1 is 1.27 bits per heavy atom. The van der Waals surface area contributed by atoms with E-state index < -0.39 is 11.8 Å². The number of benzene rings is 1. The molecule has 0 heterocycles. The molecular formula is C17H22N2O3. The fourth-order valence-corrected chi connectivity index (χ4v) is 2.44. The summed E-state index contributed by atoms with van der Waals surface area (Å²) >= 11 is 0. The molecule has 1 aliphatic carbocycles. The average molecular weight is 302 g/mol. The van der Waals surface area contributed by atoms with Crippen LogP contribution in [0.25, 0.3) is 0 Å². The summed E-state index contributed by atoms with van der Waals surface area (Å²) in [6.07, 6.45) is 7.33. The maximum absolute atomic E-state index is 11.9. The number of methoxy groups -OCH3 is 1. The molecule has 0 radical (unpaired) electrons. The summed E-state index contributed by atoms with van der Waals surface area (Å²) in [5.41, 5.74) is 1.46. The van der Waals surface area contributed by atoms with E-state index in [9.17, 15) is 9.59 Å². The number of hydrogen-bond donors (Lipinski definition) is 2. The lowest BCUT2D eigenvalue weighted by atomic mass is 9.94. The van der Waals surface area contributed by atoms with Crippen molar-refractivity contribution in [2.24, 2.45) is 5.92 Å². The molecule has 1 unspecified atom stereocenters. The summed E-state index contributed by atoms with van der Waals surface area (Å²) in [5, 5.41) is 5.33. The van der Waals surface area contributed by atoms with Crippen LogP contribution in [-0.4, -0.2) is 25.5 Å². The van der Waals surface area contributed by atoms with Gasteiger partial charge in [0.1, 0.15) is 5.75 Å². The molecule has 0 spiro atoms. The minimum absolute atomic E-state index is 0.421. The van der Waals surface area contributed by atoms with Crippen molar-refractivity contribution in [1.29, 1.82) is 0 Å². The number of hydrogen-bond acceptors (Lipinski definition) is 3. The molecule has 118 valence electrons. The Labute approximate surface area is 130 Å². The maximum Gasteiger partial charge on any atom is 0.313 e. The highest BCUT2D eigenvalue weighted by Crippen LogP contribution is 2.21. The molecule has 1 aliphatic rings. The normalized spacial score (nSPS) is 16.9. The van der Waals surface area contributed by atoms with Crippen LogP contribution < -0.4 is 15.4 Å². The maximum atomic E-state index is 11.9. The van der Waals surface area contributed by atoms with Crippen LogP contribution >= 0.6 is 0 Å². The average Bonchev–Trinajstić information content (AvgIpc) is 2.55. The monoisotopic (exact) mass is 302 g/mol. The van der Waals surface area contributed by atoms with Crippen LogP contribution in [0.15, 0.2) is 30.4 Å². The Kier molecular flexibility index (Phi) is 5.58. The van der Waals surface area contributed by atoms with Crippen LogP contribution in [0, 0.1) is 12.8 Å². The van der Waals surface area contributed by atoms with Gasteiger partial charge in [0.25, 0.3) is 0 Å². The standard InChI is InChI=1S/C17H22N2O3/c1-12-10-14(22-2)8-9-15(12)19-17(21)16(20)18-11-13-6-4-3-5-7-13/h3-4,8-10,13H,5-7,11H2,1-2H3,(H,18,20)(H,19,21). The highest BCUT2D eigenvalue weighted by atomic mass is 16.5. The van der Waals surface area contributed by atoms with Gasteiger partial charge >= 0.3 is 11.8 Å². The van der Waals surface area contributed by atoms with Gasteiger partial charge in [0, 0.05) is 12.2 Å². The number of carbonyl (C=O) groups is 2. The predicted octanol–water partition coefficient (Wildman–Crippen LogP) is 2.41. The third-order valence-corrected chi connectivity index (χ3v) is 3.82. The zero-order chi connectivity index (χ0) is 15.9. The van der Waals surface area contributed by atoms with E-state index in [4.69, 9.17) is 4.74 Å². The van der Waals surface area contributed by atoms with Crippen molar-refractivity contribution >= 4 is 17.5 Å². The molecular weight excluding hydrogens is 280 g/mol. The van der Waals surface area contributed by atoms with Crippen LogP contribution in [0.3, 0.4) is 0 Å². The van der Waals surface area contributed by atoms with Gasteiger partial charge in [-0.2, -0.15) is 0 Å². The smallest absolute Gasteiger partial charge is 0.313 e. The van der Waals surface area contributed by atoms with Gasteiger partial charge in [0.2, 0.25) is 0 Å². The summed E-state index contributed by atoms with van der Waals surface area (Å²) in [5.74, 6) is -0.0980. The molecule has 0 saturated carbocycles. The van der Waals surface area contributed by atoms with Crippen molar-refractivity contribution in [3.8, 4) is 5.75 Å². The molecule has 0 bridgehead atoms. The van der Waals surface area contributed by atoms with Crippen molar-refractivity contribution in [3.05, 3.63) is 35.9 Å². The molecule has 5 heteroatoms. The number of aryl methyl sites for hydroxylation is 1. The Morgan fingerprint density at radius 3 is 2.73 bits per heavy atom. The third kappa shape index (κ3) is 4.35. The van der Waals surface area contributed by atoms with Crippen LogP contribution in [0.5, 0.6) is 5.75 Å². The molecule has 0 saturated heterocycles. The Morgan fingerprint density at radius 2 is 2.09 bits per heavy atom. The van der Waals surface area contributed by atoms with Crippen molar-refractivity contribution in [3.63, 3.8) is 0 Å². The number of nitrogens with one attached hydrogen (secondary N) is 2. The first-order chi connectivity index (χ1) is 10.6. The summed E-state index contributed by atoms with van der Waals surface area (Å²) in [6.45, 7) is 2.39. The molecule has 1 atom stereocenters. The highest BCUT2D eigenvalue weighted by molar-refractivity contribution is 6.39. The van der Waals surface area contributed by atoms with E-state index in [-0.39, 0.29) is 0 Å². The summed E-state index contributed by atoms with van der Waals surface area (Å²) in [4.78, 5) is 23.8. The number of allylic oxidation sites excluding steroid dienone is 2. The molecule has 1 aromatic rings. The van der Waals surface area contributed by atoms with Gasteiger partial charge in [-0.15, -0.1) is 0 Å². The molecule has 22 heavy (non-hydrogen) atoms. The van der Waals surface area contributed by atoms with Crippen molar-refractivity contribution in [2.75, 3.05) is 19.0 Å². The van der Waals surface area contributed by atoms with Gasteiger partial charge in [-0.25, -0.2) is 0 Å². The van der Waals surface area contributed by atoms with E-state index in [1.165, 1.54) is 0 Å². The van der Waals surface area contributed by atoms with Crippen LogP contribution in [0.4, 0.5) is 5.69 Å². The Bertz CT molecular complexity index is 581. The van der Waals surface area contributed by atoms with E-state index in [2.05, 4.69) is 22.8 Å². The number of carbonyl (C=O) groups excluding carboxylic acids is 2. The summed E-state index contributed by atoms with van der Waals surface area (Å²) < 4.78 is 5.11. The Hall–Kier alpha value is -2.30. The van der Waals surface area contributed by atoms with Crippen LogP contribution in [-0.2, 0) is 9.59 Å². The quantitative estimate of drug-likeness (QED) is 0.663. The van der Waals surface area contributed by atoms with E-state index >= 15 is 0 Å². The van der Waals surface area contributed by atoms with Gasteiger partial charge in [-0.1, -0.05) is 12.2 Å². The Balaban J connectivity index is 1.85. The number of rotatable bonds is 4. The lowest BCUT2D eigenvalue weighted by Gasteiger charge is -2.18. The first-order valence-electron chi connectivity index (χ1n) is 7.49. The first-order valence-corrected chi connectivity index (χ1v) is 7.49. The highest BCUT2D eigenvalue weighted by Gasteiger charge is 2.17. The molecule has 1 aromatic carbocycles. The predicted molar refractivity (Wildman–Crippen MR) is 85.9 cm³/mol. The summed E-state index contributed by atoms with van der Waals surface area (Å²) in [6, 6.07) is 5.28. The topological polar surface area (TPSA) is 67.4 Å². The van der Waals surface area contributed by atoms with Crippen LogP contribution in [0.1, 0.15) is 24.8 Å². The zero-order valence-corrected chi connectivity index (χ0v) is 13.0. The zero-order valence-electron chi connectivity index (χ0n) is 13.0. The van der Waals surface area contributed by atoms with E-state index in [0.29, 0.717) is 23.9 Å². The largest absolute Gasteiger partial charge is 0.497 e. The van der Waals surface area contributed by atoms with E-state index in [1.54, 1.807) is 19.2 Å². The number of anilines is 1. The van der Waals surface area contributed by atoms with Gasteiger partial charge in [0.15, 0.2) is 0 Å². The molecule has 5 nitrogen and oxygen atoms in total. The van der Waals surface area contributed by atoms with Crippen LogP contribution in [0.2, 0.25) is 0 Å². The minimum Gasteiger partial charge on any atom is -0.497 e. The molecule has 0 aliphatic heterocycles. The molecule has 2 N–H and O–H groups in total. The fourth-order valence-electron chi connectivity index (χ4n) is 2.44. The third-order valence-electron chi connectivity index (χ3n) is 3.82. The number of ether oxygens (including phenoxy) is 1. The van der Waals surface area contributed by atoms with E-state index in [0.717, 1.165) is 24.8 Å². The lowest BCUT2D eigenvalue weighted by Crippen LogP contribution is -2.38. The molecule has 2 rings (SSSR count). The second-order valence-electron chi connectivity index (χ2n) is 5.50. The second-order valence-corrected chi connectivity index (χ2v) is 5.50. The second kappa shape index (κ2) is 7.64. The SMILES string of the molecule is COc1ccc(NC(=O)C(=O)NCC2CC=CCC2)c(C)c1. The minimum atomic E-state index is -0.639. The van der Waals surface area contributed by atoms with Gasteiger partial charge in [-0.05, 0) is 55.9 Å². The number of amides is 2. The van der Waals surface area contributed by atoms with E-state index in [1.807, 2.05) is 13.0 Å². The van der Waals surface area contributed by atoms with Crippen molar-refractivity contribution < 1.29 is 14.3 Å². The molecule has 0 aromatic heterocycles. The molecule has 0 fully saturated rings. The van der Waals surface area contributed by atoms with Crippen molar-refractivity contribution in [2.45, 2.75) is 26.2 Å². The van der Waals surface area contributed by atoms with Gasteiger partial charge in [-0.3, -0.25) is 9.59 Å². The summed E-state index contributed by atoms with van der Waals surface area (Å²) in [7, 11) is 1.58. The molecule has 2 amide bonds. The van der Waals surface area contributed by atoms with Crippen molar-refractivity contribution in [1.82, 2.24) is 5.32 Å². The lowest BCUT2D eigenvalue weighted by molar-refractivity contribution is -0.136. The fraction of sp³-hybridized carbons (Fsp3) is 0.412.